The van der Waals surface area contributed by atoms with Crippen LogP contribution in [0.5, 0.6) is 0 Å². The van der Waals surface area contributed by atoms with E-state index in [1.165, 1.54) is 0 Å². The number of nitrogens with two attached hydrogens (primary N) is 1. The van der Waals surface area contributed by atoms with Crippen LogP contribution in [0.1, 0.15) is 0 Å². The maximum atomic E-state index is 10.5. The van der Waals surface area contributed by atoms with E-state index in [0.29, 0.717) is 0 Å². The monoisotopic (exact) mass is 199 g/mol. The zero-order valence-corrected chi connectivity index (χ0v) is 7.21. The summed E-state index contributed by atoms with van der Waals surface area (Å²) in [6.45, 7) is -0.223. The smallest absolute Gasteiger partial charge is 0.283 e. The van der Waals surface area contributed by atoms with Gasteiger partial charge in [0, 0.05) is 13.1 Å². The molecule has 0 aliphatic carbocycles. The SMILES string of the molecule is NCC(NNCCO)S(=O)(=O)O. The molecule has 0 aromatic rings. The van der Waals surface area contributed by atoms with Crippen LogP contribution in [0.3, 0.4) is 0 Å². The highest BCUT2D eigenvalue weighted by molar-refractivity contribution is 7.86. The third kappa shape index (κ3) is 4.59. The summed E-state index contributed by atoms with van der Waals surface area (Å²) in [5, 5.41) is 7.06. The van der Waals surface area contributed by atoms with E-state index in [-0.39, 0.29) is 19.7 Å². The Labute approximate surface area is 70.7 Å². The average molecular weight is 199 g/mol. The van der Waals surface area contributed by atoms with Gasteiger partial charge in [0.25, 0.3) is 10.1 Å². The van der Waals surface area contributed by atoms with Crippen molar-refractivity contribution in [1.29, 1.82) is 0 Å². The summed E-state index contributed by atoms with van der Waals surface area (Å²) < 4.78 is 29.4. The Morgan fingerprint density at radius 3 is 2.42 bits per heavy atom. The maximum Gasteiger partial charge on any atom is 0.283 e. The Balaban J connectivity index is 3.85. The first kappa shape index (κ1) is 11.8. The van der Waals surface area contributed by atoms with Gasteiger partial charge in [-0.3, -0.25) is 9.98 Å². The predicted octanol–water partition coefficient (Wildman–Crippen LogP) is -2.75. The van der Waals surface area contributed by atoms with Crippen molar-refractivity contribution >= 4 is 10.1 Å². The van der Waals surface area contributed by atoms with Gasteiger partial charge in [0.05, 0.1) is 6.61 Å². The molecule has 8 heteroatoms. The van der Waals surface area contributed by atoms with Gasteiger partial charge >= 0.3 is 0 Å². The average Bonchev–Trinajstić information content (AvgIpc) is 1.95. The van der Waals surface area contributed by atoms with Crippen molar-refractivity contribution in [3.05, 3.63) is 0 Å². The number of aliphatic hydroxyl groups is 1. The van der Waals surface area contributed by atoms with Gasteiger partial charge in [-0.2, -0.15) is 8.42 Å². The second-order valence-electron chi connectivity index (χ2n) is 2.03. The second kappa shape index (κ2) is 5.41. The largest absolute Gasteiger partial charge is 0.395 e. The fourth-order valence-corrected chi connectivity index (χ4v) is 0.972. The summed E-state index contributed by atoms with van der Waals surface area (Å²) in [4.78, 5) is 0. The van der Waals surface area contributed by atoms with Crippen LogP contribution in [0, 0.1) is 0 Å². The van der Waals surface area contributed by atoms with E-state index in [1.54, 1.807) is 0 Å². The molecular weight excluding hydrogens is 186 g/mol. The van der Waals surface area contributed by atoms with Crippen LogP contribution in [0.25, 0.3) is 0 Å². The molecule has 6 N–H and O–H groups in total. The van der Waals surface area contributed by atoms with E-state index in [0.717, 1.165) is 0 Å². The quantitative estimate of drug-likeness (QED) is 0.178. The lowest BCUT2D eigenvalue weighted by atomic mass is 10.6. The third-order valence-corrected chi connectivity index (χ3v) is 2.10. The molecule has 0 rings (SSSR count). The molecule has 0 aromatic carbocycles. The highest BCUT2D eigenvalue weighted by Crippen LogP contribution is 1.89. The topological polar surface area (TPSA) is 125 Å². The van der Waals surface area contributed by atoms with Gasteiger partial charge in [-0.1, -0.05) is 0 Å². The summed E-state index contributed by atoms with van der Waals surface area (Å²) in [5.41, 5.74) is 9.65. The summed E-state index contributed by atoms with van der Waals surface area (Å²) >= 11 is 0. The van der Waals surface area contributed by atoms with Crippen molar-refractivity contribution in [2.75, 3.05) is 19.7 Å². The molecular formula is C4H13N3O4S. The molecule has 0 spiro atoms. The minimum atomic E-state index is -4.18. The van der Waals surface area contributed by atoms with Crippen molar-refractivity contribution < 1.29 is 18.1 Å². The van der Waals surface area contributed by atoms with E-state index in [2.05, 4.69) is 10.9 Å². The van der Waals surface area contributed by atoms with Gasteiger partial charge in [0.1, 0.15) is 0 Å². The third-order valence-electron chi connectivity index (χ3n) is 1.07. The fourth-order valence-electron chi connectivity index (χ4n) is 0.497. The molecule has 12 heavy (non-hydrogen) atoms. The molecule has 0 heterocycles. The molecule has 0 aliphatic heterocycles. The zero-order valence-electron chi connectivity index (χ0n) is 6.40. The van der Waals surface area contributed by atoms with Crippen molar-refractivity contribution in [1.82, 2.24) is 10.9 Å². The summed E-state index contributed by atoms with van der Waals surface area (Å²) in [6.07, 6.45) is 0. The summed E-state index contributed by atoms with van der Waals surface area (Å²) in [5.74, 6) is 0. The van der Waals surface area contributed by atoms with Gasteiger partial charge in [0.2, 0.25) is 0 Å². The zero-order chi connectivity index (χ0) is 9.61. The van der Waals surface area contributed by atoms with Gasteiger partial charge in [0.15, 0.2) is 5.37 Å². The lowest BCUT2D eigenvalue weighted by molar-refractivity contribution is 0.280. The fraction of sp³-hybridized carbons (Fsp3) is 1.00. The molecule has 0 saturated heterocycles. The lowest BCUT2D eigenvalue weighted by Crippen LogP contribution is -2.49. The maximum absolute atomic E-state index is 10.5. The number of nitrogens with one attached hydrogen (secondary N) is 2. The first-order chi connectivity index (χ1) is 5.52. The molecule has 0 bridgehead atoms. The number of hydrogen-bond donors (Lipinski definition) is 5. The van der Waals surface area contributed by atoms with Gasteiger partial charge < -0.3 is 10.8 Å². The molecule has 74 valence electrons. The molecule has 0 radical (unpaired) electrons. The van der Waals surface area contributed by atoms with E-state index in [9.17, 15) is 8.42 Å². The van der Waals surface area contributed by atoms with E-state index >= 15 is 0 Å². The van der Waals surface area contributed by atoms with Crippen molar-refractivity contribution in [2.24, 2.45) is 5.73 Å². The molecule has 0 aromatic heterocycles. The Hall–Kier alpha value is -0.250. The Kier molecular flexibility index (Phi) is 5.29. The van der Waals surface area contributed by atoms with Crippen molar-refractivity contribution in [3.8, 4) is 0 Å². The molecule has 0 amide bonds. The van der Waals surface area contributed by atoms with Crippen molar-refractivity contribution in [2.45, 2.75) is 5.37 Å². The Morgan fingerprint density at radius 1 is 1.50 bits per heavy atom. The Morgan fingerprint density at radius 2 is 2.08 bits per heavy atom. The minimum absolute atomic E-state index is 0.143. The number of aliphatic hydroxyl groups excluding tert-OH is 1. The number of hydrazine groups is 1. The van der Waals surface area contributed by atoms with Crippen LogP contribution >= 0.6 is 0 Å². The first-order valence-corrected chi connectivity index (χ1v) is 4.78. The Bertz CT molecular complexity index is 204. The molecule has 1 atom stereocenters. The molecule has 0 aliphatic rings. The van der Waals surface area contributed by atoms with Crippen LogP contribution in [0.4, 0.5) is 0 Å². The van der Waals surface area contributed by atoms with Gasteiger partial charge in [-0.25, -0.2) is 5.43 Å². The van der Waals surface area contributed by atoms with E-state index < -0.39 is 15.5 Å². The second-order valence-corrected chi connectivity index (χ2v) is 3.63. The van der Waals surface area contributed by atoms with Crippen LogP contribution in [0.15, 0.2) is 0 Å². The normalized spacial score (nSPS) is 14.6. The lowest BCUT2D eigenvalue weighted by Gasteiger charge is -2.13. The summed E-state index contributed by atoms with van der Waals surface area (Å²) in [7, 11) is -4.18. The minimum Gasteiger partial charge on any atom is -0.395 e. The highest BCUT2D eigenvalue weighted by atomic mass is 32.2. The van der Waals surface area contributed by atoms with Crippen molar-refractivity contribution in [3.63, 3.8) is 0 Å². The van der Waals surface area contributed by atoms with Crippen LogP contribution in [-0.4, -0.2) is 43.1 Å². The van der Waals surface area contributed by atoms with Crippen LogP contribution in [-0.2, 0) is 10.1 Å². The number of hydrogen-bond acceptors (Lipinski definition) is 6. The predicted molar refractivity (Wildman–Crippen MR) is 42.6 cm³/mol. The standard InChI is InChI=1S/C4H13N3O4S/c5-3-4(12(9,10)11)7-6-1-2-8/h4,6-8H,1-3,5H2,(H,9,10,11). The van der Waals surface area contributed by atoms with Gasteiger partial charge in [-0.15, -0.1) is 0 Å². The van der Waals surface area contributed by atoms with Gasteiger partial charge in [-0.05, 0) is 0 Å². The number of rotatable bonds is 6. The molecule has 0 fully saturated rings. The molecule has 1 unspecified atom stereocenters. The highest BCUT2D eigenvalue weighted by Gasteiger charge is 2.19. The van der Waals surface area contributed by atoms with E-state index in [1.807, 2.05) is 0 Å². The molecule has 7 nitrogen and oxygen atoms in total. The molecule has 0 saturated carbocycles. The first-order valence-electron chi connectivity index (χ1n) is 3.28. The summed E-state index contributed by atoms with van der Waals surface area (Å²) in [6, 6.07) is 0. The van der Waals surface area contributed by atoms with Crippen LogP contribution < -0.4 is 16.6 Å². The van der Waals surface area contributed by atoms with E-state index in [4.69, 9.17) is 15.4 Å². The van der Waals surface area contributed by atoms with Crippen LogP contribution in [0.2, 0.25) is 0 Å².